The molecule has 224 valence electrons. The van der Waals surface area contributed by atoms with Crippen molar-refractivity contribution in [2.24, 2.45) is 5.92 Å². The zero-order valence-electron chi connectivity index (χ0n) is 25.0. The molecule has 5 rings (SSSR count). The van der Waals surface area contributed by atoms with Gasteiger partial charge in [0.1, 0.15) is 6.61 Å². The van der Waals surface area contributed by atoms with Crippen molar-refractivity contribution in [3.05, 3.63) is 74.5 Å². The van der Waals surface area contributed by atoms with Gasteiger partial charge in [-0.05, 0) is 110 Å². The number of ketones is 1. The van der Waals surface area contributed by atoms with Crippen LogP contribution in [-0.2, 0) is 11.4 Å². The van der Waals surface area contributed by atoms with E-state index < -0.39 is 5.92 Å². The van der Waals surface area contributed by atoms with Crippen molar-refractivity contribution in [1.29, 1.82) is 5.26 Å². The Morgan fingerprint density at radius 3 is 2.40 bits per heavy atom. The summed E-state index contributed by atoms with van der Waals surface area (Å²) in [6, 6.07) is 13.7. The first-order valence-corrected chi connectivity index (χ1v) is 15.9. The molecule has 0 bridgehead atoms. The number of halogens is 1. The Kier molecular flexibility index (Phi) is 11.5. The number of ether oxygens (including phenoxy) is 2. The molecule has 2 aromatic carbocycles. The number of nitrogens with two attached hydrogens (primary N) is 1. The summed E-state index contributed by atoms with van der Waals surface area (Å²) in [5.41, 5.74) is 11.3. The van der Waals surface area contributed by atoms with Crippen molar-refractivity contribution in [3.8, 4) is 17.6 Å². The summed E-state index contributed by atoms with van der Waals surface area (Å²) in [5.74, 6) is 1.16. The van der Waals surface area contributed by atoms with Crippen molar-refractivity contribution in [2.45, 2.75) is 78.2 Å². The second-order valence-corrected chi connectivity index (χ2v) is 12.0. The normalized spacial score (nSPS) is 20.1. The predicted molar refractivity (Wildman–Crippen MR) is 171 cm³/mol. The number of hydrogen-bond acceptors (Lipinski definition) is 7. The summed E-state index contributed by atoms with van der Waals surface area (Å²) < 4.78 is 12.8. The lowest BCUT2D eigenvalue weighted by Crippen LogP contribution is -2.34. The summed E-state index contributed by atoms with van der Waals surface area (Å²) in [6.45, 7) is 9.27. The highest BCUT2D eigenvalue weighted by Crippen LogP contribution is 2.47. The van der Waals surface area contributed by atoms with Gasteiger partial charge >= 0.3 is 0 Å². The summed E-state index contributed by atoms with van der Waals surface area (Å²) >= 11 is 3.67. The standard InChI is InChI=1S/C29H32BrN3O3.C5H11N/c1-4-6-19-11-24-28(25(34)12-19)27(22(15-31)17(3)33-24)20-13-23(30)29(26(14-20)35-5-2)36-16-18-7-9-21(32)10-8-18;1-2-4-6-5-3-1/h7-10,13-14,19,27,33H,4-6,11-12,16,32H2,1-3H3;6H,1-5H2. The van der Waals surface area contributed by atoms with Gasteiger partial charge in [-0.25, -0.2) is 0 Å². The molecule has 2 atom stereocenters. The van der Waals surface area contributed by atoms with Crippen LogP contribution in [0.2, 0.25) is 0 Å². The summed E-state index contributed by atoms with van der Waals surface area (Å²) in [7, 11) is 0. The third-order valence-corrected chi connectivity index (χ3v) is 8.55. The number of piperidine rings is 1. The van der Waals surface area contributed by atoms with Crippen molar-refractivity contribution in [2.75, 3.05) is 25.4 Å². The van der Waals surface area contributed by atoms with Crippen LogP contribution in [0.5, 0.6) is 11.5 Å². The van der Waals surface area contributed by atoms with Gasteiger partial charge < -0.3 is 25.8 Å². The first-order valence-electron chi connectivity index (χ1n) is 15.1. The number of anilines is 1. The van der Waals surface area contributed by atoms with E-state index in [-0.39, 0.29) is 5.78 Å². The molecule has 1 fully saturated rings. The Labute approximate surface area is 258 Å². The number of nitriles is 1. The van der Waals surface area contributed by atoms with Crippen LogP contribution in [0.4, 0.5) is 5.69 Å². The lowest BCUT2D eigenvalue weighted by atomic mass is 9.72. The Balaban J connectivity index is 0.000000600. The molecular weight excluding hydrogens is 592 g/mol. The molecule has 2 heterocycles. The molecular formula is C34H43BrN4O3. The van der Waals surface area contributed by atoms with Crippen LogP contribution in [0.3, 0.4) is 0 Å². The van der Waals surface area contributed by atoms with E-state index in [1.165, 1.54) is 32.4 Å². The molecule has 7 nitrogen and oxygen atoms in total. The van der Waals surface area contributed by atoms with E-state index in [0.29, 0.717) is 58.4 Å². The molecule has 3 aliphatic rings. The molecule has 4 N–H and O–H groups in total. The monoisotopic (exact) mass is 634 g/mol. The average molecular weight is 636 g/mol. The van der Waals surface area contributed by atoms with E-state index in [4.69, 9.17) is 15.2 Å². The maximum absolute atomic E-state index is 13.4. The number of nitrogens with zero attached hydrogens (tertiary/aromatic N) is 1. The summed E-state index contributed by atoms with van der Waals surface area (Å²) in [6.07, 6.45) is 7.62. The van der Waals surface area contributed by atoms with Crippen molar-refractivity contribution < 1.29 is 14.3 Å². The number of nitrogens with one attached hydrogen (secondary N) is 2. The highest BCUT2D eigenvalue weighted by atomic mass is 79.9. The van der Waals surface area contributed by atoms with Crippen LogP contribution in [0.25, 0.3) is 0 Å². The average Bonchev–Trinajstić information content (AvgIpc) is 2.98. The van der Waals surface area contributed by atoms with Gasteiger partial charge in [-0.15, -0.1) is 0 Å². The molecule has 1 aliphatic carbocycles. The number of allylic oxidation sites excluding steroid dienone is 4. The maximum Gasteiger partial charge on any atom is 0.175 e. The summed E-state index contributed by atoms with van der Waals surface area (Å²) in [4.78, 5) is 13.4. The van der Waals surface area contributed by atoms with E-state index in [1.807, 2.05) is 50.2 Å². The molecule has 2 aliphatic heterocycles. The molecule has 8 heteroatoms. The number of rotatable bonds is 8. The van der Waals surface area contributed by atoms with Crippen LogP contribution >= 0.6 is 15.9 Å². The Bertz CT molecular complexity index is 1340. The maximum atomic E-state index is 13.4. The minimum Gasteiger partial charge on any atom is -0.490 e. The third kappa shape index (κ3) is 7.76. The fraction of sp³-hybridized carbons (Fsp3) is 0.471. The predicted octanol–water partition coefficient (Wildman–Crippen LogP) is 7.29. The van der Waals surface area contributed by atoms with Gasteiger partial charge in [0.15, 0.2) is 17.3 Å². The largest absolute Gasteiger partial charge is 0.490 e. The first-order chi connectivity index (χ1) is 20.4. The minimum atomic E-state index is -0.442. The van der Waals surface area contributed by atoms with E-state index in [1.54, 1.807) is 0 Å². The fourth-order valence-corrected chi connectivity index (χ4v) is 6.52. The van der Waals surface area contributed by atoms with Gasteiger partial charge in [-0.2, -0.15) is 5.26 Å². The number of hydrogen-bond donors (Lipinski definition) is 3. The molecule has 0 radical (unpaired) electrons. The molecule has 0 aromatic heterocycles. The molecule has 42 heavy (non-hydrogen) atoms. The van der Waals surface area contributed by atoms with Crippen molar-refractivity contribution in [1.82, 2.24) is 10.6 Å². The van der Waals surface area contributed by atoms with E-state index in [0.717, 1.165) is 41.8 Å². The van der Waals surface area contributed by atoms with E-state index in [9.17, 15) is 10.1 Å². The molecule has 2 aromatic rings. The molecule has 0 spiro atoms. The lowest BCUT2D eigenvalue weighted by Gasteiger charge is -2.35. The van der Waals surface area contributed by atoms with Gasteiger partial charge in [0, 0.05) is 29.1 Å². The molecule has 0 saturated carbocycles. The zero-order chi connectivity index (χ0) is 30.1. The third-order valence-electron chi connectivity index (χ3n) is 7.96. The van der Waals surface area contributed by atoms with E-state index >= 15 is 0 Å². The Morgan fingerprint density at radius 2 is 1.81 bits per heavy atom. The van der Waals surface area contributed by atoms with Crippen LogP contribution < -0.4 is 25.8 Å². The number of carbonyl (C=O) groups excluding carboxylic acids is 1. The Morgan fingerprint density at radius 1 is 1.07 bits per heavy atom. The minimum absolute atomic E-state index is 0.116. The number of dihydropyridines is 1. The molecule has 1 saturated heterocycles. The fourth-order valence-electron chi connectivity index (χ4n) is 5.94. The van der Waals surface area contributed by atoms with Crippen LogP contribution in [0, 0.1) is 17.2 Å². The zero-order valence-corrected chi connectivity index (χ0v) is 26.6. The van der Waals surface area contributed by atoms with Crippen LogP contribution in [-0.4, -0.2) is 25.5 Å². The molecule has 2 unspecified atom stereocenters. The number of benzene rings is 2. The second kappa shape index (κ2) is 15.3. The van der Waals surface area contributed by atoms with Crippen molar-refractivity contribution >= 4 is 27.4 Å². The van der Waals surface area contributed by atoms with E-state index in [2.05, 4.69) is 39.6 Å². The van der Waals surface area contributed by atoms with Crippen LogP contribution in [0.15, 0.2) is 63.4 Å². The smallest absolute Gasteiger partial charge is 0.175 e. The highest BCUT2D eigenvalue weighted by molar-refractivity contribution is 9.10. The SMILES string of the molecule is C1CCNCC1.CCCC1CC(=O)C2=C(C1)NC(C)=C(C#N)C2c1cc(Br)c(OCc2ccc(N)cc2)c(OCC)c1. The molecule has 0 amide bonds. The quantitative estimate of drug-likeness (QED) is 0.262. The number of Topliss-reactive ketones (excluding diaryl/α,β-unsaturated/α-hetero) is 1. The van der Waals surface area contributed by atoms with Gasteiger partial charge in [0.05, 0.1) is 28.6 Å². The summed E-state index contributed by atoms with van der Waals surface area (Å²) in [5, 5.41) is 16.7. The highest BCUT2D eigenvalue weighted by Gasteiger charge is 2.39. The van der Waals surface area contributed by atoms with Gasteiger partial charge in [0.2, 0.25) is 0 Å². The van der Waals surface area contributed by atoms with Crippen LogP contribution in [0.1, 0.15) is 82.8 Å². The Hall–Kier alpha value is -3.28. The lowest BCUT2D eigenvalue weighted by molar-refractivity contribution is -0.117. The first kappa shape index (κ1) is 31.7. The number of nitrogen functional groups attached to an aromatic ring is 1. The van der Waals surface area contributed by atoms with Crippen molar-refractivity contribution in [3.63, 3.8) is 0 Å². The van der Waals surface area contributed by atoms with Gasteiger partial charge in [-0.1, -0.05) is 31.9 Å². The van der Waals surface area contributed by atoms with Gasteiger partial charge in [0.25, 0.3) is 0 Å². The second-order valence-electron chi connectivity index (χ2n) is 11.2. The number of carbonyl (C=O) groups is 1. The topological polar surface area (TPSA) is 109 Å². The van der Waals surface area contributed by atoms with Gasteiger partial charge in [-0.3, -0.25) is 4.79 Å².